The van der Waals surface area contributed by atoms with E-state index in [1.54, 1.807) is 12.4 Å². The molecule has 1 saturated carbocycles. The fourth-order valence-electron chi connectivity index (χ4n) is 4.38. The average Bonchev–Trinajstić information content (AvgIpc) is 2.84. The third-order valence-electron chi connectivity index (χ3n) is 5.94. The maximum atomic E-state index is 13.0. The Balaban J connectivity index is 1.36. The molecular weight excluding hydrogens is 330 g/mol. The molecule has 3 heterocycles. The Morgan fingerprint density at radius 3 is 2.27 bits per heavy atom. The molecule has 3 amide bonds. The highest BCUT2D eigenvalue weighted by molar-refractivity contribution is 6.07. The maximum absolute atomic E-state index is 13.0. The molecule has 3 fully saturated rings. The molecule has 7 nitrogen and oxygen atoms in total. The minimum atomic E-state index is -0.632. The Kier molecular flexibility index (Phi) is 4.80. The molecule has 1 aromatic heterocycles. The number of carbonyl (C=O) groups is 2. The van der Waals surface area contributed by atoms with Gasteiger partial charge in [-0.15, -0.1) is 0 Å². The van der Waals surface area contributed by atoms with Crippen molar-refractivity contribution in [2.45, 2.75) is 44.1 Å². The van der Waals surface area contributed by atoms with Crippen LogP contribution >= 0.6 is 0 Å². The molecule has 1 spiro atoms. The van der Waals surface area contributed by atoms with E-state index in [1.165, 1.54) is 10.6 Å². The number of hydrogen-bond acceptors (Lipinski definition) is 5. The van der Waals surface area contributed by atoms with Gasteiger partial charge in [-0.1, -0.05) is 25.7 Å². The minimum Gasteiger partial charge on any atom is -0.369 e. The van der Waals surface area contributed by atoms with Crippen LogP contribution in [0.5, 0.6) is 0 Å². The summed E-state index contributed by atoms with van der Waals surface area (Å²) < 4.78 is 0. The number of imide groups is 1. The van der Waals surface area contributed by atoms with Crippen LogP contribution in [0.25, 0.3) is 0 Å². The molecule has 0 aromatic carbocycles. The van der Waals surface area contributed by atoms with Crippen molar-refractivity contribution in [2.75, 3.05) is 37.7 Å². The lowest BCUT2D eigenvalue weighted by atomic mass is 9.90. The molecule has 0 radical (unpaired) electrons. The van der Waals surface area contributed by atoms with Gasteiger partial charge in [0.05, 0.1) is 6.67 Å². The van der Waals surface area contributed by atoms with E-state index < -0.39 is 5.54 Å². The van der Waals surface area contributed by atoms with Gasteiger partial charge >= 0.3 is 6.03 Å². The Morgan fingerprint density at radius 2 is 1.62 bits per heavy atom. The quantitative estimate of drug-likeness (QED) is 0.836. The maximum Gasteiger partial charge on any atom is 0.326 e. The van der Waals surface area contributed by atoms with E-state index >= 15 is 0 Å². The smallest absolute Gasteiger partial charge is 0.326 e. The highest BCUT2D eigenvalue weighted by Gasteiger charge is 2.50. The minimum absolute atomic E-state index is 0.0130. The van der Waals surface area contributed by atoms with Gasteiger partial charge in [0.2, 0.25) is 0 Å². The van der Waals surface area contributed by atoms with Crippen molar-refractivity contribution in [1.82, 2.24) is 20.1 Å². The summed E-state index contributed by atoms with van der Waals surface area (Å²) in [5, 5.41) is 3.03. The third kappa shape index (κ3) is 3.28. The first-order valence-corrected chi connectivity index (χ1v) is 9.69. The first-order valence-electron chi connectivity index (χ1n) is 9.69. The summed E-state index contributed by atoms with van der Waals surface area (Å²) in [6, 6.07) is 3.82. The topological polar surface area (TPSA) is 68.8 Å². The van der Waals surface area contributed by atoms with Gasteiger partial charge in [0.15, 0.2) is 0 Å². The Morgan fingerprint density at radius 1 is 0.962 bits per heavy atom. The number of amides is 3. The number of anilines is 1. The summed E-state index contributed by atoms with van der Waals surface area (Å²) in [4.78, 5) is 35.5. The number of nitrogens with zero attached hydrogens (tertiary/aromatic N) is 4. The summed E-state index contributed by atoms with van der Waals surface area (Å²) in [5.74, 6) is -0.0130. The zero-order chi connectivity index (χ0) is 18.0. The van der Waals surface area contributed by atoms with Crippen LogP contribution in [0.3, 0.4) is 0 Å². The molecule has 26 heavy (non-hydrogen) atoms. The highest BCUT2D eigenvalue weighted by atomic mass is 16.2. The van der Waals surface area contributed by atoms with E-state index in [1.807, 2.05) is 12.1 Å². The predicted octanol–water partition coefficient (Wildman–Crippen LogP) is 1.81. The predicted molar refractivity (Wildman–Crippen MR) is 98.7 cm³/mol. The monoisotopic (exact) mass is 357 g/mol. The summed E-state index contributed by atoms with van der Waals surface area (Å²) in [6.45, 7) is 3.85. The van der Waals surface area contributed by atoms with E-state index in [0.29, 0.717) is 6.67 Å². The van der Waals surface area contributed by atoms with E-state index in [4.69, 9.17) is 0 Å². The molecular formula is C19H27N5O2. The molecule has 0 unspecified atom stereocenters. The summed E-state index contributed by atoms with van der Waals surface area (Å²) in [7, 11) is 0. The summed E-state index contributed by atoms with van der Waals surface area (Å²) in [5.41, 5.74) is 0.541. The zero-order valence-corrected chi connectivity index (χ0v) is 15.2. The largest absolute Gasteiger partial charge is 0.369 e. The number of carbonyl (C=O) groups excluding carboxylic acids is 2. The summed E-state index contributed by atoms with van der Waals surface area (Å²) >= 11 is 0. The van der Waals surface area contributed by atoms with Gasteiger partial charge in [-0.25, -0.2) is 9.69 Å². The second kappa shape index (κ2) is 7.23. The van der Waals surface area contributed by atoms with Crippen molar-refractivity contribution in [2.24, 2.45) is 0 Å². The molecule has 140 valence electrons. The summed E-state index contributed by atoms with van der Waals surface area (Å²) in [6.07, 6.45) is 9.52. The van der Waals surface area contributed by atoms with Crippen LogP contribution in [-0.2, 0) is 4.79 Å². The van der Waals surface area contributed by atoms with Crippen LogP contribution in [0.1, 0.15) is 38.5 Å². The van der Waals surface area contributed by atoms with E-state index in [9.17, 15) is 9.59 Å². The standard InChI is InChI=1S/C19H27N5O2/c25-17-19(7-3-1-2-4-8-19)21-18(26)24(17)15-22-11-13-23(14-12-22)16-5-9-20-10-6-16/h5-6,9-10H,1-4,7-8,11-15H2,(H,21,26). The Labute approximate surface area is 154 Å². The lowest BCUT2D eigenvalue weighted by molar-refractivity contribution is -0.133. The highest BCUT2D eigenvalue weighted by Crippen LogP contribution is 2.32. The van der Waals surface area contributed by atoms with Crippen molar-refractivity contribution < 1.29 is 9.59 Å². The van der Waals surface area contributed by atoms with Gasteiger partial charge in [-0.05, 0) is 25.0 Å². The Bertz CT molecular complexity index is 649. The molecule has 1 aromatic rings. The van der Waals surface area contributed by atoms with Crippen molar-refractivity contribution in [3.8, 4) is 0 Å². The number of pyridine rings is 1. The van der Waals surface area contributed by atoms with Crippen LogP contribution < -0.4 is 10.2 Å². The van der Waals surface area contributed by atoms with Crippen LogP contribution in [0.15, 0.2) is 24.5 Å². The Hall–Kier alpha value is -2.15. The van der Waals surface area contributed by atoms with Gasteiger partial charge < -0.3 is 10.2 Å². The molecule has 0 atom stereocenters. The van der Waals surface area contributed by atoms with Crippen LogP contribution in [0.2, 0.25) is 0 Å². The molecule has 3 aliphatic rings. The first kappa shape index (κ1) is 17.3. The van der Waals surface area contributed by atoms with Crippen molar-refractivity contribution >= 4 is 17.6 Å². The van der Waals surface area contributed by atoms with E-state index in [2.05, 4.69) is 20.1 Å². The number of urea groups is 1. The lowest BCUT2D eigenvalue weighted by Crippen LogP contribution is -2.52. The fraction of sp³-hybridized carbons (Fsp3) is 0.632. The van der Waals surface area contributed by atoms with Crippen LogP contribution in [0.4, 0.5) is 10.5 Å². The second-order valence-corrected chi connectivity index (χ2v) is 7.61. The molecule has 2 saturated heterocycles. The number of rotatable bonds is 3. The van der Waals surface area contributed by atoms with Gasteiger partial charge in [0.1, 0.15) is 5.54 Å². The number of nitrogens with one attached hydrogen (secondary N) is 1. The van der Waals surface area contributed by atoms with E-state index in [0.717, 1.165) is 64.7 Å². The molecule has 4 rings (SSSR count). The number of hydrogen-bond donors (Lipinski definition) is 1. The number of piperazine rings is 1. The average molecular weight is 357 g/mol. The van der Waals surface area contributed by atoms with E-state index in [-0.39, 0.29) is 11.9 Å². The third-order valence-corrected chi connectivity index (χ3v) is 5.94. The van der Waals surface area contributed by atoms with Gasteiger partial charge in [-0.2, -0.15) is 0 Å². The van der Waals surface area contributed by atoms with Crippen LogP contribution in [-0.4, -0.2) is 65.1 Å². The van der Waals surface area contributed by atoms with Crippen LogP contribution in [0, 0.1) is 0 Å². The molecule has 7 heteroatoms. The molecule has 2 aliphatic heterocycles. The molecule has 1 N–H and O–H groups in total. The SMILES string of the molecule is O=C1NC2(CCCCCC2)C(=O)N1CN1CCN(c2ccncc2)CC1. The molecule has 1 aliphatic carbocycles. The van der Waals surface area contributed by atoms with Crippen molar-refractivity contribution in [3.63, 3.8) is 0 Å². The van der Waals surface area contributed by atoms with Gasteiger partial charge in [0.25, 0.3) is 5.91 Å². The van der Waals surface area contributed by atoms with Crippen molar-refractivity contribution in [1.29, 1.82) is 0 Å². The first-order chi connectivity index (χ1) is 12.7. The fourth-order valence-corrected chi connectivity index (χ4v) is 4.38. The van der Waals surface area contributed by atoms with Crippen molar-refractivity contribution in [3.05, 3.63) is 24.5 Å². The molecule has 0 bridgehead atoms. The normalized spacial score (nSPS) is 24.0. The zero-order valence-electron chi connectivity index (χ0n) is 15.2. The van der Waals surface area contributed by atoms with Gasteiger partial charge in [-0.3, -0.25) is 14.7 Å². The lowest BCUT2D eigenvalue weighted by Gasteiger charge is -2.37. The van der Waals surface area contributed by atoms with Gasteiger partial charge in [0, 0.05) is 44.3 Å². The second-order valence-electron chi connectivity index (χ2n) is 7.61. The number of aromatic nitrogens is 1.